The van der Waals surface area contributed by atoms with Gasteiger partial charge in [0.25, 0.3) is 0 Å². The second-order valence-electron chi connectivity index (χ2n) is 27.8. The number of ether oxygens (including phenoxy) is 4. The zero-order chi connectivity index (χ0) is 69.3. The van der Waals surface area contributed by atoms with E-state index >= 15 is 0 Å². The largest absolute Gasteiger partial charge is 0.472 e. The van der Waals surface area contributed by atoms with Crippen molar-refractivity contribution < 1.29 is 80.2 Å². The minimum absolute atomic E-state index is 0.106. The molecule has 0 radical (unpaired) electrons. The van der Waals surface area contributed by atoms with Crippen LogP contribution in [0, 0.1) is 11.8 Å². The number of phosphoric ester groups is 2. The van der Waals surface area contributed by atoms with Gasteiger partial charge in [-0.2, -0.15) is 0 Å². The summed E-state index contributed by atoms with van der Waals surface area (Å²) in [5.74, 6) is -0.628. The van der Waals surface area contributed by atoms with Crippen molar-refractivity contribution in [3.63, 3.8) is 0 Å². The number of hydrogen-bond acceptors (Lipinski definition) is 15. The molecule has 0 rings (SSSR count). The Labute approximate surface area is 575 Å². The van der Waals surface area contributed by atoms with E-state index in [1.807, 2.05) is 0 Å². The predicted molar refractivity (Wildman–Crippen MR) is 381 cm³/mol. The number of rotatable bonds is 74. The topological polar surface area (TPSA) is 237 Å². The van der Waals surface area contributed by atoms with Gasteiger partial charge in [0.05, 0.1) is 26.4 Å². The number of aliphatic hydroxyl groups excluding tert-OH is 1. The van der Waals surface area contributed by atoms with Crippen LogP contribution in [0.4, 0.5) is 0 Å². The first kappa shape index (κ1) is 92.1. The van der Waals surface area contributed by atoms with Gasteiger partial charge in [-0.1, -0.05) is 337 Å². The molecule has 3 N–H and O–H groups in total. The van der Waals surface area contributed by atoms with E-state index in [0.717, 1.165) is 108 Å². The van der Waals surface area contributed by atoms with Crippen LogP contribution in [-0.4, -0.2) is 96.7 Å². The van der Waals surface area contributed by atoms with Gasteiger partial charge >= 0.3 is 39.5 Å². The molecule has 0 saturated carbocycles. The molecule has 6 atom stereocenters. The first-order valence-electron chi connectivity index (χ1n) is 39.0. The molecule has 17 nitrogen and oxygen atoms in total. The molecular formula is C75H146O17P2. The number of carbonyl (C=O) groups is 4. The molecule has 3 unspecified atom stereocenters. The number of phosphoric acid groups is 2. The minimum Gasteiger partial charge on any atom is -0.462 e. The van der Waals surface area contributed by atoms with Crippen molar-refractivity contribution in [1.29, 1.82) is 0 Å². The summed E-state index contributed by atoms with van der Waals surface area (Å²) in [6, 6.07) is 0. The molecule has 0 saturated heterocycles. The third-order valence-electron chi connectivity index (χ3n) is 17.8. The van der Waals surface area contributed by atoms with Gasteiger partial charge in [0.15, 0.2) is 12.2 Å². The van der Waals surface area contributed by atoms with Crippen LogP contribution in [0.15, 0.2) is 0 Å². The summed E-state index contributed by atoms with van der Waals surface area (Å²) in [7, 11) is -9.91. The summed E-state index contributed by atoms with van der Waals surface area (Å²) >= 11 is 0. The van der Waals surface area contributed by atoms with Crippen molar-refractivity contribution >= 4 is 39.5 Å². The summed E-state index contributed by atoms with van der Waals surface area (Å²) in [5, 5.41) is 10.6. The highest BCUT2D eigenvalue weighted by atomic mass is 31.2. The van der Waals surface area contributed by atoms with E-state index in [-0.39, 0.29) is 25.7 Å². The lowest BCUT2D eigenvalue weighted by molar-refractivity contribution is -0.161. The normalized spacial score (nSPS) is 14.3. The number of unbranched alkanes of at least 4 members (excludes halogenated alkanes) is 43. The Morgan fingerprint density at radius 3 is 0.809 bits per heavy atom. The maximum absolute atomic E-state index is 13.1. The zero-order valence-electron chi connectivity index (χ0n) is 61.3. The molecule has 0 spiro atoms. The third kappa shape index (κ3) is 67.3. The fraction of sp³-hybridized carbons (Fsp3) is 0.947. The van der Waals surface area contributed by atoms with Crippen LogP contribution < -0.4 is 0 Å². The second-order valence-corrected chi connectivity index (χ2v) is 30.7. The van der Waals surface area contributed by atoms with Crippen LogP contribution in [-0.2, 0) is 65.4 Å². The van der Waals surface area contributed by atoms with Gasteiger partial charge in [0, 0.05) is 25.7 Å². The number of carbonyl (C=O) groups excluding carboxylic acids is 4. The lowest BCUT2D eigenvalue weighted by Gasteiger charge is -2.21. The van der Waals surface area contributed by atoms with Gasteiger partial charge in [0.2, 0.25) is 0 Å². The average Bonchev–Trinajstić information content (AvgIpc) is 1.64. The molecular weight excluding hydrogens is 1230 g/mol. The third-order valence-corrected chi connectivity index (χ3v) is 19.7. The summed E-state index contributed by atoms with van der Waals surface area (Å²) in [4.78, 5) is 72.7. The van der Waals surface area contributed by atoms with Gasteiger partial charge in [-0.25, -0.2) is 9.13 Å². The molecule has 558 valence electrons. The van der Waals surface area contributed by atoms with Crippen LogP contribution in [0.5, 0.6) is 0 Å². The standard InChI is InChI=1S/C75H146O17P2/c1-7-10-12-14-16-18-20-22-23-24-25-26-27-28-30-36-40-48-54-60-75(80)91-70(63-85-72(77)57-51-45-38-34-32-31-33-37-43-49-55-67(4)5)65-89-93(81,82)87-61-69(76)62-88-94(83,84)90-66-71(64-86-73(78)58-52-46-42-41-44-50-56-68(6)9-3)92-74(79)59-53-47-39-35-29-21-19-17-15-13-11-8-2/h67-71,76H,7-66H2,1-6H3,(H,81,82)(H,83,84)/t68?,69-,70-,71-/m1/s1. The smallest absolute Gasteiger partial charge is 0.462 e. The fourth-order valence-corrected chi connectivity index (χ4v) is 13.0. The molecule has 0 aliphatic carbocycles. The first-order chi connectivity index (χ1) is 45.4. The minimum atomic E-state index is -4.96. The lowest BCUT2D eigenvalue weighted by atomic mass is 10.00. The molecule has 19 heteroatoms. The van der Waals surface area contributed by atoms with Crippen molar-refractivity contribution in [3.8, 4) is 0 Å². The highest BCUT2D eigenvalue weighted by Crippen LogP contribution is 2.45. The monoisotopic (exact) mass is 1380 g/mol. The maximum atomic E-state index is 13.1. The summed E-state index contributed by atoms with van der Waals surface area (Å²) < 4.78 is 68.5. The Bertz CT molecular complexity index is 1820. The predicted octanol–water partition coefficient (Wildman–Crippen LogP) is 21.9. The highest BCUT2D eigenvalue weighted by molar-refractivity contribution is 7.47. The van der Waals surface area contributed by atoms with Crippen LogP contribution >= 0.6 is 15.6 Å². The average molecular weight is 1380 g/mol. The SMILES string of the molecule is CCCCCCCCCCCCCCCCCCCCCC(=O)O[C@H](COC(=O)CCCCCCCCCCCCC(C)C)COP(=O)(O)OC[C@@H](O)COP(=O)(O)OC[C@@H](COC(=O)CCCCCCCCC(C)CC)OC(=O)CCCCCCCCCCCCCC. The zero-order valence-corrected chi connectivity index (χ0v) is 63.1. The summed E-state index contributed by atoms with van der Waals surface area (Å²) in [6.45, 7) is 9.54. The van der Waals surface area contributed by atoms with Gasteiger partial charge < -0.3 is 33.8 Å². The first-order valence-corrected chi connectivity index (χ1v) is 42.0. The van der Waals surface area contributed by atoms with E-state index < -0.39 is 97.5 Å². The molecule has 0 aromatic heterocycles. The highest BCUT2D eigenvalue weighted by Gasteiger charge is 2.30. The molecule has 0 aromatic rings. The van der Waals surface area contributed by atoms with E-state index in [0.29, 0.717) is 25.7 Å². The van der Waals surface area contributed by atoms with Crippen molar-refractivity contribution in [1.82, 2.24) is 0 Å². The number of hydrogen-bond donors (Lipinski definition) is 3. The Kier molecular flexibility index (Phi) is 65.5. The van der Waals surface area contributed by atoms with Crippen molar-refractivity contribution in [2.24, 2.45) is 11.8 Å². The lowest BCUT2D eigenvalue weighted by Crippen LogP contribution is -2.30. The van der Waals surface area contributed by atoms with Gasteiger partial charge in [0.1, 0.15) is 19.3 Å². The molecule has 0 heterocycles. The van der Waals surface area contributed by atoms with E-state index in [2.05, 4.69) is 41.5 Å². The Balaban J connectivity index is 5.23. The Morgan fingerprint density at radius 1 is 0.309 bits per heavy atom. The van der Waals surface area contributed by atoms with E-state index in [9.17, 15) is 43.2 Å². The molecule has 0 amide bonds. The summed E-state index contributed by atoms with van der Waals surface area (Å²) in [5.41, 5.74) is 0. The van der Waals surface area contributed by atoms with Crippen LogP contribution in [0.3, 0.4) is 0 Å². The molecule has 0 aliphatic rings. The maximum Gasteiger partial charge on any atom is 0.472 e. The molecule has 94 heavy (non-hydrogen) atoms. The van der Waals surface area contributed by atoms with E-state index in [1.165, 1.54) is 199 Å². The molecule has 0 bridgehead atoms. The van der Waals surface area contributed by atoms with Crippen molar-refractivity contribution in [3.05, 3.63) is 0 Å². The number of aliphatic hydroxyl groups is 1. The fourth-order valence-electron chi connectivity index (χ4n) is 11.4. The Hall–Kier alpha value is -1.94. The van der Waals surface area contributed by atoms with Crippen molar-refractivity contribution in [2.45, 2.75) is 407 Å². The molecule has 0 aromatic carbocycles. The van der Waals surface area contributed by atoms with Crippen LogP contribution in [0.2, 0.25) is 0 Å². The van der Waals surface area contributed by atoms with Gasteiger partial charge in [-0.05, 0) is 37.5 Å². The summed E-state index contributed by atoms with van der Waals surface area (Å²) in [6.07, 6.45) is 54.1. The van der Waals surface area contributed by atoms with Gasteiger partial charge in [-0.3, -0.25) is 37.3 Å². The Morgan fingerprint density at radius 2 is 0.543 bits per heavy atom. The molecule has 0 fully saturated rings. The second kappa shape index (κ2) is 66.9. The van der Waals surface area contributed by atoms with Crippen LogP contribution in [0.25, 0.3) is 0 Å². The quantitative estimate of drug-likeness (QED) is 0.0222. The van der Waals surface area contributed by atoms with E-state index in [1.54, 1.807) is 0 Å². The number of esters is 4. The van der Waals surface area contributed by atoms with Crippen molar-refractivity contribution in [2.75, 3.05) is 39.6 Å². The van der Waals surface area contributed by atoms with E-state index in [4.69, 9.17) is 37.0 Å². The molecule has 0 aliphatic heterocycles. The van der Waals surface area contributed by atoms with Gasteiger partial charge in [-0.15, -0.1) is 0 Å². The van der Waals surface area contributed by atoms with Crippen LogP contribution in [0.1, 0.15) is 388 Å².